The van der Waals surface area contributed by atoms with Crippen LogP contribution in [0.25, 0.3) is 0 Å². The van der Waals surface area contributed by atoms with E-state index < -0.39 is 10.0 Å². The van der Waals surface area contributed by atoms with Crippen LogP contribution in [0.3, 0.4) is 0 Å². The monoisotopic (exact) mass is 306 g/mol. The number of nitrogens with two attached hydrogens (primary N) is 1. The summed E-state index contributed by atoms with van der Waals surface area (Å²) in [5, 5.41) is 0. The Kier molecular flexibility index (Phi) is 4.37. The first kappa shape index (κ1) is 15.2. The van der Waals surface area contributed by atoms with Crippen molar-refractivity contribution < 1.29 is 13.2 Å². The van der Waals surface area contributed by atoms with Crippen molar-refractivity contribution in [3.05, 3.63) is 48.5 Å². The quantitative estimate of drug-likeness (QED) is 0.832. The van der Waals surface area contributed by atoms with E-state index in [1.807, 2.05) is 13.8 Å². The van der Waals surface area contributed by atoms with E-state index in [1.165, 1.54) is 12.1 Å². The highest BCUT2D eigenvalue weighted by atomic mass is 32.2. The molecule has 0 saturated carbocycles. The van der Waals surface area contributed by atoms with E-state index in [2.05, 4.69) is 4.72 Å². The molecule has 0 fully saturated rings. The van der Waals surface area contributed by atoms with Crippen molar-refractivity contribution in [1.29, 1.82) is 0 Å². The normalized spacial score (nSPS) is 11.4. The summed E-state index contributed by atoms with van der Waals surface area (Å²) in [5.74, 6) is 0.695. The standard InChI is InChI=1S/C15H18N2O3S/c1-11(2)20-14-7-5-13(6-8-14)17-21(18,19)15-9-3-12(16)4-10-15/h3-11,17H,16H2,1-2H3. The smallest absolute Gasteiger partial charge is 0.261 e. The van der Waals surface area contributed by atoms with Gasteiger partial charge in [-0.15, -0.1) is 0 Å². The maximum atomic E-state index is 12.2. The highest BCUT2D eigenvalue weighted by Gasteiger charge is 2.13. The molecule has 5 nitrogen and oxygen atoms in total. The molecule has 112 valence electrons. The Morgan fingerprint density at radius 2 is 1.57 bits per heavy atom. The van der Waals surface area contributed by atoms with Crippen molar-refractivity contribution in [1.82, 2.24) is 0 Å². The summed E-state index contributed by atoms with van der Waals surface area (Å²) in [6, 6.07) is 12.8. The first-order valence-corrected chi connectivity index (χ1v) is 8.00. The average molecular weight is 306 g/mol. The van der Waals surface area contributed by atoms with E-state index in [4.69, 9.17) is 10.5 Å². The molecule has 0 aliphatic heterocycles. The van der Waals surface area contributed by atoms with Gasteiger partial charge in [-0.2, -0.15) is 0 Å². The van der Waals surface area contributed by atoms with Crippen LogP contribution in [0.5, 0.6) is 5.75 Å². The van der Waals surface area contributed by atoms with E-state index in [0.717, 1.165) is 0 Å². The number of hydrogen-bond acceptors (Lipinski definition) is 4. The fraction of sp³-hybridized carbons (Fsp3) is 0.200. The van der Waals surface area contributed by atoms with Gasteiger partial charge in [0.05, 0.1) is 11.0 Å². The topological polar surface area (TPSA) is 81.4 Å². The van der Waals surface area contributed by atoms with Crippen LogP contribution in [0.15, 0.2) is 53.4 Å². The number of sulfonamides is 1. The minimum Gasteiger partial charge on any atom is -0.491 e. The van der Waals surface area contributed by atoms with Crippen LogP contribution in [0.1, 0.15) is 13.8 Å². The molecule has 0 aliphatic carbocycles. The van der Waals surface area contributed by atoms with E-state index in [0.29, 0.717) is 17.1 Å². The molecule has 2 rings (SSSR count). The fourth-order valence-electron chi connectivity index (χ4n) is 1.73. The van der Waals surface area contributed by atoms with Crippen molar-refractivity contribution in [2.24, 2.45) is 0 Å². The minimum absolute atomic E-state index is 0.0716. The molecule has 2 aromatic carbocycles. The third-order valence-electron chi connectivity index (χ3n) is 2.67. The Morgan fingerprint density at radius 1 is 1.00 bits per heavy atom. The lowest BCUT2D eigenvalue weighted by Gasteiger charge is -2.11. The van der Waals surface area contributed by atoms with Crippen LogP contribution < -0.4 is 15.2 Å². The van der Waals surface area contributed by atoms with Gasteiger partial charge in [0.2, 0.25) is 0 Å². The van der Waals surface area contributed by atoms with E-state index >= 15 is 0 Å². The predicted octanol–water partition coefficient (Wildman–Crippen LogP) is 2.86. The van der Waals surface area contributed by atoms with E-state index in [1.54, 1.807) is 36.4 Å². The highest BCUT2D eigenvalue weighted by molar-refractivity contribution is 7.92. The number of rotatable bonds is 5. The Labute approximate surface area is 124 Å². The molecule has 0 aromatic heterocycles. The summed E-state index contributed by atoms with van der Waals surface area (Å²) in [6.07, 6.45) is 0.0716. The molecule has 0 atom stereocenters. The molecule has 0 unspecified atom stereocenters. The van der Waals surface area contributed by atoms with Gasteiger partial charge >= 0.3 is 0 Å². The molecule has 0 aliphatic rings. The molecule has 3 N–H and O–H groups in total. The van der Waals surface area contributed by atoms with Crippen molar-refractivity contribution in [3.8, 4) is 5.75 Å². The van der Waals surface area contributed by atoms with Crippen LogP contribution in [0.4, 0.5) is 11.4 Å². The molecule has 0 heterocycles. The van der Waals surface area contributed by atoms with E-state index in [9.17, 15) is 8.42 Å². The van der Waals surface area contributed by atoms with Gasteiger partial charge in [-0.05, 0) is 62.4 Å². The summed E-state index contributed by atoms with van der Waals surface area (Å²) in [6.45, 7) is 3.86. The summed E-state index contributed by atoms with van der Waals surface area (Å²) in [5.41, 5.74) is 6.54. The SMILES string of the molecule is CC(C)Oc1ccc(NS(=O)(=O)c2ccc(N)cc2)cc1. The van der Waals surface area contributed by atoms with Crippen molar-refractivity contribution in [2.45, 2.75) is 24.8 Å². The lowest BCUT2D eigenvalue weighted by molar-refractivity contribution is 0.242. The lowest BCUT2D eigenvalue weighted by Crippen LogP contribution is -2.13. The molecular weight excluding hydrogens is 288 g/mol. The predicted molar refractivity (Wildman–Crippen MR) is 83.9 cm³/mol. The van der Waals surface area contributed by atoms with Gasteiger partial charge in [-0.1, -0.05) is 0 Å². The second kappa shape index (κ2) is 6.05. The van der Waals surface area contributed by atoms with Gasteiger partial charge in [-0.3, -0.25) is 4.72 Å². The molecule has 0 spiro atoms. The van der Waals surface area contributed by atoms with Gasteiger partial charge < -0.3 is 10.5 Å². The first-order valence-electron chi connectivity index (χ1n) is 6.52. The van der Waals surface area contributed by atoms with Crippen LogP contribution in [0, 0.1) is 0 Å². The highest BCUT2D eigenvalue weighted by Crippen LogP contribution is 2.20. The number of nitrogens with one attached hydrogen (secondary N) is 1. The molecule has 0 bridgehead atoms. The third-order valence-corrected chi connectivity index (χ3v) is 4.07. The van der Waals surface area contributed by atoms with Gasteiger partial charge in [-0.25, -0.2) is 8.42 Å². The van der Waals surface area contributed by atoms with Gasteiger partial charge in [0, 0.05) is 11.4 Å². The maximum Gasteiger partial charge on any atom is 0.261 e. The van der Waals surface area contributed by atoms with Crippen molar-refractivity contribution in [3.63, 3.8) is 0 Å². The summed E-state index contributed by atoms with van der Waals surface area (Å²) >= 11 is 0. The average Bonchev–Trinajstić information content (AvgIpc) is 2.40. The zero-order valence-electron chi connectivity index (χ0n) is 11.9. The largest absolute Gasteiger partial charge is 0.491 e. The van der Waals surface area contributed by atoms with Crippen LogP contribution in [-0.2, 0) is 10.0 Å². The Hall–Kier alpha value is -2.21. The maximum absolute atomic E-state index is 12.2. The Balaban J connectivity index is 2.15. The molecular formula is C15H18N2O3S. The Bertz CT molecular complexity index is 693. The molecule has 0 amide bonds. The molecule has 21 heavy (non-hydrogen) atoms. The van der Waals surface area contributed by atoms with Crippen molar-refractivity contribution in [2.75, 3.05) is 10.5 Å². The summed E-state index contributed by atoms with van der Waals surface area (Å²) in [7, 11) is -3.61. The van der Waals surface area contributed by atoms with Crippen LogP contribution in [0.2, 0.25) is 0 Å². The van der Waals surface area contributed by atoms with Gasteiger partial charge in [0.15, 0.2) is 0 Å². The first-order chi connectivity index (χ1) is 9.87. The number of ether oxygens (including phenoxy) is 1. The zero-order chi connectivity index (χ0) is 15.5. The molecule has 2 aromatic rings. The second-order valence-corrected chi connectivity index (χ2v) is 6.55. The summed E-state index contributed by atoms with van der Waals surface area (Å²) in [4.78, 5) is 0.166. The van der Waals surface area contributed by atoms with Gasteiger partial charge in [0.1, 0.15) is 5.75 Å². The number of anilines is 2. The minimum atomic E-state index is -3.61. The van der Waals surface area contributed by atoms with Crippen LogP contribution in [-0.4, -0.2) is 14.5 Å². The Morgan fingerprint density at radius 3 is 2.10 bits per heavy atom. The van der Waals surface area contributed by atoms with E-state index in [-0.39, 0.29) is 11.0 Å². The molecule has 0 saturated heterocycles. The number of nitrogen functional groups attached to an aromatic ring is 1. The van der Waals surface area contributed by atoms with Crippen LogP contribution >= 0.6 is 0 Å². The number of hydrogen-bond donors (Lipinski definition) is 2. The number of benzene rings is 2. The molecule has 6 heteroatoms. The zero-order valence-corrected chi connectivity index (χ0v) is 12.7. The molecule has 0 radical (unpaired) electrons. The van der Waals surface area contributed by atoms with Crippen molar-refractivity contribution >= 4 is 21.4 Å². The third kappa shape index (κ3) is 4.13. The summed E-state index contributed by atoms with van der Waals surface area (Å²) < 4.78 is 32.4. The van der Waals surface area contributed by atoms with Gasteiger partial charge in [0.25, 0.3) is 10.0 Å². The fourth-order valence-corrected chi connectivity index (χ4v) is 2.79. The lowest BCUT2D eigenvalue weighted by atomic mass is 10.3. The second-order valence-electron chi connectivity index (χ2n) is 4.87.